The first kappa shape index (κ1) is 21.9. The number of benzene rings is 4. The Morgan fingerprint density at radius 2 is 1.00 bits per heavy atom. The summed E-state index contributed by atoms with van der Waals surface area (Å²) >= 11 is 0. The van der Waals surface area contributed by atoms with Crippen LogP contribution in [0.2, 0.25) is 0 Å². The minimum Gasteiger partial charge on any atom is -0.507 e. The molecule has 0 saturated carbocycles. The topological polar surface area (TPSA) is 40.5 Å². The van der Waals surface area contributed by atoms with Crippen LogP contribution in [-0.4, -0.2) is 10.2 Å². The molecule has 0 aliphatic rings. The van der Waals surface area contributed by atoms with Crippen LogP contribution in [0.15, 0.2) is 103 Å². The van der Waals surface area contributed by atoms with Crippen LogP contribution in [0.25, 0.3) is 0 Å². The third kappa shape index (κ3) is 3.72. The minimum absolute atomic E-state index is 0.136. The average molecular weight is 423 g/mol. The first-order valence-electron chi connectivity index (χ1n) is 11.0. The van der Waals surface area contributed by atoms with E-state index in [0.29, 0.717) is 5.56 Å². The smallest absolute Gasteiger partial charge is 0.125 e. The van der Waals surface area contributed by atoms with Gasteiger partial charge in [-0.3, -0.25) is 0 Å². The van der Waals surface area contributed by atoms with Gasteiger partial charge in [0.2, 0.25) is 0 Å². The highest BCUT2D eigenvalue weighted by Crippen LogP contribution is 2.49. The van der Waals surface area contributed by atoms with Gasteiger partial charge in [-0.05, 0) is 39.8 Å². The summed E-state index contributed by atoms with van der Waals surface area (Å²) in [6.07, 6.45) is 0. The molecule has 0 heterocycles. The van der Waals surface area contributed by atoms with E-state index in [9.17, 15) is 10.2 Å². The zero-order valence-corrected chi connectivity index (χ0v) is 18.9. The van der Waals surface area contributed by atoms with Crippen LogP contribution < -0.4 is 0 Å². The van der Waals surface area contributed by atoms with Crippen molar-refractivity contribution in [2.24, 2.45) is 0 Å². The lowest BCUT2D eigenvalue weighted by molar-refractivity contribution is 0.274. The van der Waals surface area contributed by atoms with Gasteiger partial charge in [0.1, 0.15) is 5.75 Å². The molecule has 0 amide bonds. The second kappa shape index (κ2) is 8.64. The Bertz CT molecular complexity index is 1080. The van der Waals surface area contributed by atoms with Crippen LogP contribution in [0.4, 0.5) is 0 Å². The van der Waals surface area contributed by atoms with E-state index in [-0.39, 0.29) is 17.8 Å². The molecule has 0 spiro atoms. The molecule has 2 nitrogen and oxygen atoms in total. The molecular weight excluding hydrogens is 392 g/mol. The summed E-state index contributed by atoms with van der Waals surface area (Å²) in [4.78, 5) is 0. The monoisotopic (exact) mass is 422 g/mol. The molecule has 4 aromatic rings. The Kier molecular flexibility index (Phi) is 5.90. The molecule has 32 heavy (non-hydrogen) atoms. The van der Waals surface area contributed by atoms with Gasteiger partial charge in [0, 0.05) is 11.1 Å². The molecule has 162 valence electrons. The Morgan fingerprint density at radius 1 is 0.594 bits per heavy atom. The van der Waals surface area contributed by atoms with E-state index in [1.165, 1.54) is 0 Å². The third-order valence-corrected chi connectivity index (χ3v) is 6.25. The molecule has 0 bridgehead atoms. The van der Waals surface area contributed by atoms with Crippen LogP contribution in [0.5, 0.6) is 5.75 Å². The quantitative estimate of drug-likeness (QED) is 0.357. The van der Waals surface area contributed by atoms with E-state index < -0.39 is 5.41 Å². The van der Waals surface area contributed by atoms with Gasteiger partial charge in [0.25, 0.3) is 0 Å². The fourth-order valence-corrected chi connectivity index (χ4v) is 4.56. The first-order valence-corrected chi connectivity index (χ1v) is 11.0. The Morgan fingerprint density at radius 3 is 1.34 bits per heavy atom. The molecule has 4 aromatic carbocycles. The van der Waals surface area contributed by atoms with Gasteiger partial charge in [0.05, 0.1) is 12.0 Å². The summed E-state index contributed by atoms with van der Waals surface area (Å²) in [7, 11) is 0. The SMILES string of the molecule is CC(C)(C)c1cc(CO)c(O)c(C(c2ccccc2)(c2ccccc2)c2ccccc2)c1. The van der Waals surface area contributed by atoms with Crippen LogP contribution in [0.3, 0.4) is 0 Å². The fraction of sp³-hybridized carbons (Fsp3) is 0.200. The molecule has 0 saturated heterocycles. The summed E-state index contributed by atoms with van der Waals surface area (Å²) in [5, 5.41) is 21.7. The van der Waals surface area contributed by atoms with Gasteiger partial charge >= 0.3 is 0 Å². The van der Waals surface area contributed by atoms with Crippen molar-refractivity contribution in [1.82, 2.24) is 0 Å². The van der Waals surface area contributed by atoms with E-state index >= 15 is 0 Å². The van der Waals surface area contributed by atoms with Crippen molar-refractivity contribution in [1.29, 1.82) is 0 Å². The Labute approximate surface area is 190 Å². The zero-order chi connectivity index (χ0) is 22.8. The molecule has 0 aliphatic carbocycles. The molecule has 4 rings (SSSR count). The molecule has 0 aliphatic heterocycles. The first-order chi connectivity index (χ1) is 15.4. The highest BCUT2D eigenvalue weighted by atomic mass is 16.3. The predicted octanol–water partition coefficient (Wildman–Crippen LogP) is 6.56. The summed E-state index contributed by atoms with van der Waals surface area (Å²) in [5.41, 5.74) is 4.66. The maximum Gasteiger partial charge on any atom is 0.125 e. The molecule has 0 atom stereocenters. The summed E-state index contributed by atoms with van der Waals surface area (Å²) in [6, 6.07) is 34.9. The Balaban J connectivity index is 2.22. The highest BCUT2D eigenvalue weighted by molar-refractivity contribution is 5.65. The average Bonchev–Trinajstić information content (AvgIpc) is 2.82. The van der Waals surface area contributed by atoms with Gasteiger partial charge in [-0.15, -0.1) is 0 Å². The normalized spacial score (nSPS) is 12.0. The number of phenols is 1. The van der Waals surface area contributed by atoms with Crippen LogP contribution >= 0.6 is 0 Å². The van der Waals surface area contributed by atoms with Crippen molar-refractivity contribution in [3.63, 3.8) is 0 Å². The molecular formula is C30H30O2. The summed E-state index contributed by atoms with van der Waals surface area (Å²) in [5.74, 6) is 0.136. The molecule has 0 radical (unpaired) electrons. The summed E-state index contributed by atoms with van der Waals surface area (Å²) in [6.45, 7) is 6.23. The third-order valence-electron chi connectivity index (χ3n) is 6.25. The van der Waals surface area contributed by atoms with E-state index in [1.54, 1.807) is 0 Å². The van der Waals surface area contributed by atoms with Crippen molar-refractivity contribution in [2.45, 2.75) is 38.2 Å². The van der Waals surface area contributed by atoms with Crippen LogP contribution in [0, 0.1) is 0 Å². The van der Waals surface area contributed by atoms with Crippen LogP contribution in [-0.2, 0) is 17.4 Å². The second-order valence-electron chi connectivity index (χ2n) is 9.29. The largest absolute Gasteiger partial charge is 0.507 e. The molecule has 2 N–H and O–H groups in total. The van der Waals surface area contributed by atoms with Crippen molar-refractivity contribution in [3.05, 3.63) is 137 Å². The van der Waals surface area contributed by atoms with Crippen molar-refractivity contribution < 1.29 is 10.2 Å². The van der Waals surface area contributed by atoms with Gasteiger partial charge in [0.15, 0.2) is 0 Å². The second-order valence-corrected chi connectivity index (χ2v) is 9.29. The minimum atomic E-state index is -0.751. The van der Waals surface area contributed by atoms with Crippen molar-refractivity contribution in [2.75, 3.05) is 0 Å². The van der Waals surface area contributed by atoms with E-state index in [0.717, 1.165) is 27.8 Å². The number of rotatable bonds is 5. The number of hydrogen-bond acceptors (Lipinski definition) is 2. The maximum atomic E-state index is 11.5. The molecule has 0 aromatic heterocycles. The van der Waals surface area contributed by atoms with E-state index in [1.807, 2.05) is 60.7 Å². The molecule has 2 heteroatoms. The van der Waals surface area contributed by atoms with Gasteiger partial charge in [-0.25, -0.2) is 0 Å². The lowest BCUT2D eigenvalue weighted by Crippen LogP contribution is -2.32. The number of hydrogen-bond donors (Lipinski definition) is 2. The van der Waals surface area contributed by atoms with Gasteiger partial charge in [-0.2, -0.15) is 0 Å². The predicted molar refractivity (Wildman–Crippen MR) is 131 cm³/mol. The lowest BCUT2D eigenvalue weighted by atomic mass is 9.64. The molecule has 0 fully saturated rings. The van der Waals surface area contributed by atoms with Crippen molar-refractivity contribution in [3.8, 4) is 5.75 Å². The summed E-state index contributed by atoms with van der Waals surface area (Å²) < 4.78 is 0. The van der Waals surface area contributed by atoms with Crippen LogP contribution in [0.1, 0.15) is 54.2 Å². The zero-order valence-electron chi connectivity index (χ0n) is 18.9. The van der Waals surface area contributed by atoms with Crippen molar-refractivity contribution >= 4 is 0 Å². The molecule has 0 unspecified atom stereocenters. The van der Waals surface area contributed by atoms with Gasteiger partial charge < -0.3 is 10.2 Å². The number of aliphatic hydroxyl groups excluding tert-OH is 1. The fourth-order valence-electron chi connectivity index (χ4n) is 4.56. The highest BCUT2D eigenvalue weighted by Gasteiger charge is 2.41. The Hall–Kier alpha value is -3.36. The maximum absolute atomic E-state index is 11.5. The number of aliphatic hydroxyl groups is 1. The van der Waals surface area contributed by atoms with E-state index in [4.69, 9.17) is 0 Å². The lowest BCUT2D eigenvalue weighted by Gasteiger charge is -2.38. The van der Waals surface area contributed by atoms with E-state index in [2.05, 4.69) is 63.2 Å². The number of aromatic hydroxyl groups is 1. The van der Waals surface area contributed by atoms with Gasteiger partial charge in [-0.1, -0.05) is 112 Å². The standard InChI is InChI=1S/C30H30O2/c1-29(2,3)26-19-22(21-31)28(32)27(20-26)30(23-13-7-4-8-14-23,24-15-9-5-10-16-24)25-17-11-6-12-18-25/h4-20,31-32H,21H2,1-3H3.